The van der Waals surface area contributed by atoms with Crippen LogP contribution in [0.3, 0.4) is 0 Å². The first kappa shape index (κ1) is 12.2. The lowest BCUT2D eigenvalue weighted by atomic mass is 9.96. The Morgan fingerprint density at radius 2 is 2.24 bits per heavy atom. The molecule has 0 bridgehead atoms. The third-order valence-corrected chi connectivity index (χ3v) is 3.37. The zero-order valence-corrected chi connectivity index (χ0v) is 11.0. The first-order valence-electron chi connectivity index (χ1n) is 6.28. The van der Waals surface area contributed by atoms with Crippen molar-refractivity contribution < 1.29 is 4.74 Å². The lowest BCUT2D eigenvalue weighted by Crippen LogP contribution is -2.29. The predicted octanol–water partition coefficient (Wildman–Crippen LogP) is 2.37. The minimum Gasteiger partial charge on any atom is -0.495 e. The molecule has 1 aliphatic rings. The molecule has 1 atom stereocenters. The highest BCUT2D eigenvalue weighted by Gasteiger charge is 2.20. The Hall–Kier alpha value is -1.22. The number of hydrogen-bond acceptors (Lipinski definition) is 3. The maximum absolute atomic E-state index is 5.41. The number of nitrogens with one attached hydrogen (secondary N) is 1. The van der Waals surface area contributed by atoms with Crippen LogP contribution in [-0.2, 0) is 6.42 Å². The second-order valence-corrected chi connectivity index (χ2v) is 4.97. The molecule has 0 amide bonds. The number of nitrogens with zero attached hydrogens (tertiary/aromatic N) is 1. The minimum absolute atomic E-state index is 0.571. The Bertz CT molecular complexity index is 362. The van der Waals surface area contributed by atoms with Gasteiger partial charge in [0.2, 0.25) is 0 Å². The van der Waals surface area contributed by atoms with Gasteiger partial charge in [0.15, 0.2) is 0 Å². The standard InChI is InChI=1S/C14H22N2O/c1-16(2)10-9-12-8-7-11-5-4-6-13(17-3)14(11)15-12/h4-6,12,15H,7-10H2,1-3H3. The molecule has 3 heteroatoms. The van der Waals surface area contributed by atoms with Crippen molar-refractivity contribution in [1.82, 2.24) is 4.90 Å². The Labute approximate surface area is 104 Å². The number of para-hydroxylation sites is 1. The number of rotatable bonds is 4. The van der Waals surface area contributed by atoms with Crippen molar-refractivity contribution in [2.45, 2.75) is 25.3 Å². The molecule has 0 spiro atoms. The van der Waals surface area contributed by atoms with Crippen molar-refractivity contribution in [3.63, 3.8) is 0 Å². The van der Waals surface area contributed by atoms with Gasteiger partial charge < -0.3 is 15.0 Å². The number of methoxy groups -OCH3 is 1. The van der Waals surface area contributed by atoms with E-state index in [4.69, 9.17) is 4.74 Å². The average Bonchev–Trinajstić information content (AvgIpc) is 2.35. The smallest absolute Gasteiger partial charge is 0.142 e. The Kier molecular flexibility index (Phi) is 3.89. The fraction of sp³-hybridized carbons (Fsp3) is 0.571. The van der Waals surface area contributed by atoms with E-state index in [1.165, 1.54) is 24.1 Å². The zero-order chi connectivity index (χ0) is 12.3. The van der Waals surface area contributed by atoms with Gasteiger partial charge in [-0.05, 0) is 51.5 Å². The summed E-state index contributed by atoms with van der Waals surface area (Å²) in [7, 11) is 5.98. The van der Waals surface area contributed by atoms with Crippen molar-refractivity contribution in [2.75, 3.05) is 33.1 Å². The number of benzene rings is 1. The summed E-state index contributed by atoms with van der Waals surface area (Å²) in [5, 5.41) is 3.62. The molecule has 1 aromatic rings. The predicted molar refractivity (Wildman–Crippen MR) is 71.9 cm³/mol. The summed E-state index contributed by atoms with van der Waals surface area (Å²) in [6, 6.07) is 6.85. The fourth-order valence-corrected chi connectivity index (χ4v) is 2.36. The summed E-state index contributed by atoms with van der Waals surface area (Å²) in [5.41, 5.74) is 2.58. The maximum Gasteiger partial charge on any atom is 0.142 e. The summed E-state index contributed by atoms with van der Waals surface area (Å²) in [5.74, 6) is 0.969. The molecule has 1 heterocycles. The highest BCUT2D eigenvalue weighted by molar-refractivity contribution is 5.64. The number of fused-ring (bicyclic) bond motifs is 1. The van der Waals surface area contributed by atoms with Gasteiger partial charge in [0.05, 0.1) is 12.8 Å². The van der Waals surface area contributed by atoms with E-state index in [0.29, 0.717) is 6.04 Å². The monoisotopic (exact) mass is 234 g/mol. The first-order chi connectivity index (χ1) is 8.20. The van der Waals surface area contributed by atoms with Crippen LogP contribution in [0, 0.1) is 0 Å². The molecule has 0 aromatic heterocycles. The average molecular weight is 234 g/mol. The Balaban J connectivity index is 2.06. The van der Waals surface area contributed by atoms with Crippen molar-refractivity contribution in [2.24, 2.45) is 0 Å². The molecule has 3 nitrogen and oxygen atoms in total. The van der Waals surface area contributed by atoms with E-state index in [-0.39, 0.29) is 0 Å². The molecular formula is C14H22N2O. The second kappa shape index (κ2) is 5.41. The minimum atomic E-state index is 0.571. The topological polar surface area (TPSA) is 24.5 Å². The molecule has 17 heavy (non-hydrogen) atoms. The first-order valence-corrected chi connectivity index (χ1v) is 6.28. The van der Waals surface area contributed by atoms with Crippen LogP contribution in [0.25, 0.3) is 0 Å². The van der Waals surface area contributed by atoms with Gasteiger partial charge in [0.1, 0.15) is 5.75 Å². The third kappa shape index (κ3) is 2.91. The highest BCUT2D eigenvalue weighted by Crippen LogP contribution is 2.34. The number of ether oxygens (including phenoxy) is 1. The van der Waals surface area contributed by atoms with Crippen molar-refractivity contribution in [3.8, 4) is 5.75 Å². The van der Waals surface area contributed by atoms with Gasteiger partial charge >= 0.3 is 0 Å². The highest BCUT2D eigenvalue weighted by atomic mass is 16.5. The van der Waals surface area contributed by atoms with Crippen LogP contribution in [0.1, 0.15) is 18.4 Å². The molecule has 1 unspecified atom stereocenters. The normalized spacial score (nSPS) is 18.7. The van der Waals surface area contributed by atoms with Crippen molar-refractivity contribution in [1.29, 1.82) is 0 Å². The summed E-state index contributed by atoms with van der Waals surface area (Å²) in [6.45, 7) is 1.13. The Morgan fingerprint density at radius 3 is 2.94 bits per heavy atom. The van der Waals surface area contributed by atoms with E-state index in [1.54, 1.807) is 7.11 Å². The van der Waals surface area contributed by atoms with Crippen LogP contribution >= 0.6 is 0 Å². The number of anilines is 1. The van der Waals surface area contributed by atoms with Gasteiger partial charge in [0, 0.05) is 6.04 Å². The molecule has 1 N–H and O–H groups in total. The molecule has 94 valence electrons. The molecular weight excluding hydrogens is 212 g/mol. The van der Waals surface area contributed by atoms with Gasteiger partial charge in [-0.15, -0.1) is 0 Å². The van der Waals surface area contributed by atoms with E-state index >= 15 is 0 Å². The van der Waals surface area contributed by atoms with Crippen LogP contribution in [0.2, 0.25) is 0 Å². The van der Waals surface area contributed by atoms with E-state index in [1.807, 2.05) is 6.07 Å². The molecule has 0 saturated carbocycles. The summed E-state index contributed by atoms with van der Waals surface area (Å²) in [6.07, 6.45) is 3.55. The summed E-state index contributed by atoms with van der Waals surface area (Å²) < 4.78 is 5.41. The zero-order valence-electron chi connectivity index (χ0n) is 11.0. The molecule has 0 aliphatic carbocycles. The molecule has 0 fully saturated rings. The van der Waals surface area contributed by atoms with Crippen LogP contribution in [0.15, 0.2) is 18.2 Å². The Morgan fingerprint density at radius 1 is 1.41 bits per heavy atom. The summed E-state index contributed by atoms with van der Waals surface area (Å²) >= 11 is 0. The van der Waals surface area contributed by atoms with Gasteiger partial charge in [-0.1, -0.05) is 12.1 Å². The van der Waals surface area contributed by atoms with E-state index in [2.05, 4.69) is 36.4 Å². The van der Waals surface area contributed by atoms with Gasteiger partial charge in [-0.2, -0.15) is 0 Å². The third-order valence-electron chi connectivity index (χ3n) is 3.37. The van der Waals surface area contributed by atoms with Crippen LogP contribution < -0.4 is 10.1 Å². The lowest BCUT2D eigenvalue weighted by molar-refractivity contribution is 0.377. The fourth-order valence-electron chi connectivity index (χ4n) is 2.36. The second-order valence-electron chi connectivity index (χ2n) is 4.97. The summed E-state index contributed by atoms with van der Waals surface area (Å²) in [4.78, 5) is 2.24. The quantitative estimate of drug-likeness (QED) is 0.865. The van der Waals surface area contributed by atoms with Gasteiger partial charge in [-0.3, -0.25) is 0 Å². The largest absolute Gasteiger partial charge is 0.495 e. The SMILES string of the molecule is COc1cccc2c1NC(CCN(C)C)CC2. The van der Waals surface area contributed by atoms with Crippen LogP contribution in [0.5, 0.6) is 5.75 Å². The number of hydrogen-bond donors (Lipinski definition) is 1. The van der Waals surface area contributed by atoms with E-state index < -0.39 is 0 Å². The van der Waals surface area contributed by atoms with Crippen LogP contribution in [0.4, 0.5) is 5.69 Å². The molecule has 1 aliphatic heterocycles. The van der Waals surface area contributed by atoms with Crippen molar-refractivity contribution >= 4 is 5.69 Å². The molecule has 0 radical (unpaired) electrons. The molecule has 2 rings (SSSR count). The maximum atomic E-state index is 5.41. The van der Waals surface area contributed by atoms with Crippen molar-refractivity contribution in [3.05, 3.63) is 23.8 Å². The van der Waals surface area contributed by atoms with Crippen LogP contribution in [-0.4, -0.2) is 38.7 Å². The van der Waals surface area contributed by atoms with E-state index in [9.17, 15) is 0 Å². The lowest BCUT2D eigenvalue weighted by Gasteiger charge is -2.29. The van der Waals surface area contributed by atoms with Gasteiger partial charge in [0.25, 0.3) is 0 Å². The molecule has 0 saturated heterocycles. The number of aryl methyl sites for hydroxylation is 1. The molecule has 1 aromatic carbocycles. The van der Waals surface area contributed by atoms with E-state index in [0.717, 1.165) is 18.7 Å². The van der Waals surface area contributed by atoms with Gasteiger partial charge in [-0.25, -0.2) is 0 Å².